The summed E-state index contributed by atoms with van der Waals surface area (Å²) in [7, 11) is 1.79. The highest BCUT2D eigenvalue weighted by atomic mass is 16.5. The minimum absolute atomic E-state index is 0.843. The molecule has 0 aromatic carbocycles. The Bertz CT molecular complexity index is 131. The van der Waals surface area contributed by atoms with E-state index in [2.05, 4.69) is 20.8 Å². The van der Waals surface area contributed by atoms with Gasteiger partial charge in [-0.2, -0.15) is 0 Å². The average molecular weight is 228 g/mol. The van der Waals surface area contributed by atoms with E-state index in [4.69, 9.17) is 4.74 Å². The van der Waals surface area contributed by atoms with Gasteiger partial charge in [-0.1, -0.05) is 65.7 Å². The van der Waals surface area contributed by atoms with E-state index in [0.29, 0.717) is 0 Å². The molecule has 0 saturated carbocycles. The van der Waals surface area contributed by atoms with Crippen molar-refractivity contribution in [2.75, 3.05) is 13.7 Å². The molecule has 16 heavy (non-hydrogen) atoms. The molecule has 0 aliphatic heterocycles. The molecule has 0 aliphatic carbocycles. The number of methoxy groups -OCH3 is 1. The molecule has 0 aromatic rings. The zero-order valence-electron chi connectivity index (χ0n) is 11.9. The van der Waals surface area contributed by atoms with Crippen LogP contribution in [0.3, 0.4) is 0 Å². The molecule has 0 radical (unpaired) electrons. The summed E-state index contributed by atoms with van der Waals surface area (Å²) in [6, 6.07) is 0. The van der Waals surface area contributed by atoms with Crippen molar-refractivity contribution in [3.05, 3.63) is 0 Å². The molecule has 1 atom stereocenters. The second-order valence-electron chi connectivity index (χ2n) is 5.63. The van der Waals surface area contributed by atoms with Crippen LogP contribution < -0.4 is 0 Å². The highest BCUT2D eigenvalue weighted by molar-refractivity contribution is 4.54. The molecule has 0 fully saturated rings. The summed E-state index contributed by atoms with van der Waals surface area (Å²) in [5, 5.41) is 0. The molecular formula is C15H32O. The van der Waals surface area contributed by atoms with Gasteiger partial charge in [0.1, 0.15) is 0 Å². The molecule has 0 amide bonds. The fourth-order valence-electron chi connectivity index (χ4n) is 2.04. The van der Waals surface area contributed by atoms with Crippen molar-refractivity contribution < 1.29 is 4.74 Å². The van der Waals surface area contributed by atoms with Crippen LogP contribution in [-0.4, -0.2) is 13.7 Å². The first-order chi connectivity index (χ1) is 7.66. The van der Waals surface area contributed by atoms with Gasteiger partial charge in [0, 0.05) is 13.7 Å². The lowest BCUT2D eigenvalue weighted by atomic mass is 9.98. The summed E-state index contributed by atoms with van der Waals surface area (Å²) in [6.07, 6.45) is 11.1. The number of ether oxygens (including phenoxy) is 1. The molecule has 1 heteroatoms. The Hall–Kier alpha value is -0.0400. The van der Waals surface area contributed by atoms with E-state index in [1.807, 2.05) is 0 Å². The number of hydrogen-bond donors (Lipinski definition) is 0. The van der Waals surface area contributed by atoms with Gasteiger partial charge in [-0.15, -0.1) is 0 Å². The molecule has 0 rings (SSSR count). The van der Waals surface area contributed by atoms with Crippen LogP contribution in [-0.2, 0) is 4.74 Å². The van der Waals surface area contributed by atoms with Crippen molar-refractivity contribution in [2.24, 2.45) is 11.8 Å². The maximum atomic E-state index is 5.09. The van der Waals surface area contributed by atoms with Crippen LogP contribution in [0, 0.1) is 11.8 Å². The molecule has 0 saturated heterocycles. The van der Waals surface area contributed by atoms with Crippen LogP contribution in [0.5, 0.6) is 0 Å². The topological polar surface area (TPSA) is 9.23 Å². The Balaban J connectivity index is 3.08. The van der Waals surface area contributed by atoms with Crippen molar-refractivity contribution in [1.82, 2.24) is 0 Å². The molecule has 1 nitrogen and oxygen atoms in total. The largest absolute Gasteiger partial charge is 0.385 e. The first-order valence-electron chi connectivity index (χ1n) is 7.15. The monoisotopic (exact) mass is 228 g/mol. The zero-order valence-corrected chi connectivity index (χ0v) is 11.9. The third-order valence-electron chi connectivity index (χ3n) is 3.29. The quantitative estimate of drug-likeness (QED) is 0.450. The second-order valence-corrected chi connectivity index (χ2v) is 5.63. The Labute approximate surface area is 103 Å². The summed E-state index contributed by atoms with van der Waals surface area (Å²) < 4.78 is 5.09. The molecule has 0 spiro atoms. The first kappa shape index (κ1) is 16.0. The van der Waals surface area contributed by atoms with E-state index in [-0.39, 0.29) is 0 Å². The van der Waals surface area contributed by atoms with Gasteiger partial charge in [0.25, 0.3) is 0 Å². The van der Waals surface area contributed by atoms with Crippen LogP contribution in [0.4, 0.5) is 0 Å². The Morgan fingerprint density at radius 2 is 1.31 bits per heavy atom. The molecule has 1 unspecified atom stereocenters. The molecule has 0 aromatic heterocycles. The first-order valence-corrected chi connectivity index (χ1v) is 7.15. The van der Waals surface area contributed by atoms with E-state index in [0.717, 1.165) is 18.4 Å². The van der Waals surface area contributed by atoms with Crippen LogP contribution in [0.1, 0.15) is 72.1 Å². The predicted molar refractivity (Wildman–Crippen MR) is 72.8 cm³/mol. The summed E-state index contributed by atoms with van der Waals surface area (Å²) >= 11 is 0. The van der Waals surface area contributed by atoms with Crippen LogP contribution in [0.2, 0.25) is 0 Å². The standard InChI is InChI=1S/C15H32O/c1-14(2)10-8-6-5-7-9-11-15(3)12-13-16-4/h14-15H,5-13H2,1-4H3. The number of unbranched alkanes of at least 4 members (excludes halogenated alkanes) is 4. The summed E-state index contributed by atoms with van der Waals surface area (Å²) in [5.74, 6) is 1.73. The molecule has 0 N–H and O–H groups in total. The van der Waals surface area contributed by atoms with Gasteiger partial charge in [0.05, 0.1) is 0 Å². The van der Waals surface area contributed by atoms with E-state index >= 15 is 0 Å². The zero-order chi connectivity index (χ0) is 12.2. The van der Waals surface area contributed by atoms with E-state index < -0.39 is 0 Å². The van der Waals surface area contributed by atoms with Gasteiger partial charge in [0.2, 0.25) is 0 Å². The smallest absolute Gasteiger partial charge is 0.0464 e. The van der Waals surface area contributed by atoms with Crippen molar-refractivity contribution in [1.29, 1.82) is 0 Å². The Kier molecular flexibility index (Phi) is 11.4. The number of rotatable bonds is 11. The van der Waals surface area contributed by atoms with E-state index in [9.17, 15) is 0 Å². The van der Waals surface area contributed by atoms with Crippen LogP contribution in [0.25, 0.3) is 0 Å². The van der Waals surface area contributed by atoms with Gasteiger partial charge >= 0.3 is 0 Å². The predicted octanol–water partition coefficient (Wildman–Crippen LogP) is 5.05. The molecular weight excluding hydrogens is 196 g/mol. The number of hydrogen-bond acceptors (Lipinski definition) is 1. The Morgan fingerprint density at radius 3 is 1.88 bits per heavy atom. The highest BCUT2D eigenvalue weighted by Crippen LogP contribution is 2.15. The lowest BCUT2D eigenvalue weighted by Gasteiger charge is -2.10. The van der Waals surface area contributed by atoms with Crippen molar-refractivity contribution in [2.45, 2.75) is 72.1 Å². The third-order valence-corrected chi connectivity index (χ3v) is 3.29. The van der Waals surface area contributed by atoms with E-state index in [1.165, 1.54) is 51.4 Å². The lowest BCUT2D eigenvalue weighted by Crippen LogP contribution is -1.99. The molecule has 0 bridgehead atoms. The normalized spacial score (nSPS) is 13.3. The van der Waals surface area contributed by atoms with Crippen LogP contribution >= 0.6 is 0 Å². The second kappa shape index (κ2) is 11.4. The lowest BCUT2D eigenvalue weighted by molar-refractivity contribution is 0.177. The minimum atomic E-state index is 0.843. The fourth-order valence-corrected chi connectivity index (χ4v) is 2.04. The Morgan fingerprint density at radius 1 is 0.750 bits per heavy atom. The van der Waals surface area contributed by atoms with Crippen molar-refractivity contribution in [3.63, 3.8) is 0 Å². The van der Waals surface area contributed by atoms with Gasteiger partial charge in [-0.05, 0) is 18.3 Å². The third kappa shape index (κ3) is 12.0. The van der Waals surface area contributed by atoms with Gasteiger partial charge < -0.3 is 4.74 Å². The molecule has 0 aliphatic rings. The molecule has 0 heterocycles. The maximum absolute atomic E-state index is 5.09. The van der Waals surface area contributed by atoms with Gasteiger partial charge in [0.15, 0.2) is 0 Å². The summed E-state index contributed by atoms with van der Waals surface area (Å²) in [6.45, 7) is 7.91. The van der Waals surface area contributed by atoms with E-state index in [1.54, 1.807) is 7.11 Å². The summed E-state index contributed by atoms with van der Waals surface area (Å²) in [5.41, 5.74) is 0. The fraction of sp³-hybridized carbons (Fsp3) is 1.00. The highest BCUT2D eigenvalue weighted by Gasteiger charge is 2.01. The van der Waals surface area contributed by atoms with Gasteiger partial charge in [-0.25, -0.2) is 0 Å². The van der Waals surface area contributed by atoms with Crippen molar-refractivity contribution in [3.8, 4) is 0 Å². The molecule has 98 valence electrons. The average Bonchev–Trinajstić information content (AvgIpc) is 2.24. The van der Waals surface area contributed by atoms with Gasteiger partial charge in [-0.3, -0.25) is 0 Å². The van der Waals surface area contributed by atoms with Crippen LogP contribution in [0.15, 0.2) is 0 Å². The van der Waals surface area contributed by atoms with Crippen molar-refractivity contribution >= 4 is 0 Å². The SMILES string of the molecule is COCCC(C)CCCCCCCC(C)C. The maximum Gasteiger partial charge on any atom is 0.0464 e. The summed E-state index contributed by atoms with van der Waals surface area (Å²) in [4.78, 5) is 0. The minimum Gasteiger partial charge on any atom is -0.385 e.